The van der Waals surface area contributed by atoms with Crippen molar-refractivity contribution in [2.24, 2.45) is 7.05 Å². The van der Waals surface area contributed by atoms with E-state index in [-0.39, 0.29) is 0 Å². The smallest absolute Gasteiger partial charge is 0.0501 e. The second-order valence-electron chi connectivity index (χ2n) is 4.69. The zero-order valence-corrected chi connectivity index (χ0v) is 10.9. The number of hydrogen-bond acceptors (Lipinski definition) is 0. The second-order valence-corrected chi connectivity index (χ2v) is 4.69. The standard InChI is InChI=1S/C17H15N/c1-4-5-13-7-9-15-14-8-6-12(2)10-16(14)18(3)17(15)11-13/h6-11H,1-3H3. The lowest BCUT2D eigenvalue weighted by molar-refractivity contribution is 1.01. The summed E-state index contributed by atoms with van der Waals surface area (Å²) in [5, 5.41) is 2.61. The lowest BCUT2D eigenvalue weighted by Gasteiger charge is -1.98. The number of hydrogen-bond donors (Lipinski definition) is 0. The van der Waals surface area contributed by atoms with Crippen molar-refractivity contribution in [1.29, 1.82) is 0 Å². The molecule has 0 aliphatic heterocycles. The van der Waals surface area contributed by atoms with Gasteiger partial charge in [0.15, 0.2) is 0 Å². The van der Waals surface area contributed by atoms with E-state index in [1.165, 1.54) is 27.4 Å². The molecular formula is C17H15N. The molecule has 88 valence electrons. The van der Waals surface area contributed by atoms with Crippen LogP contribution >= 0.6 is 0 Å². The molecule has 0 unspecified atom stereocenters. The highest BCUT2D eigenvalue weighted by Crippen LogP contribution is 2.29. The van der Waals surface area contributed by atoms with Crippen LogP contribution in [0.2, 0.25) is 0 Å². The third-order valence-electron chi connectivity index (χ3n) is 3.43. The molecule has 0 amide bonds. The van der Waals surface area contributed by atoms with Crippen LogP contribution in [-0.4, -0.2) is 4.57 Å². The molecule has 1 heterocycles. The van der Waals surface area contributed by atoms with Crippen molar-refractivity contribution in [1.82, 2.24) is 4.57 Å². The molecule has 0 saturated carbocycles. The van der Waals surface area contributed by atoms with Crippen molar-refractivity contribution in [3.8, 4) is 11.8 Å². The quantitative estimate of drug-likeness (QED) is 0.517. The van der Waals surface area contributed by atoms with Gasteiger partial charge >= 0.3 is 0 Å². The van der Waals surface area contributed by atoms with Gasteiger partial charge in [0.25, 0.3) is 0 Å². The average Bonchev–Trinajstić information content (AvgIpc) is 2.64. The summed E-state index contributed by atoms with van der Waals surface area (Å²) in [7, 11) is 2.12. The number of rotatable bonds is 0. The maximum atomic E-state index is 3.12. The van der Waals surface area contributed by atoms with E-state index in [0.717, 1.165) is 5.56 Å². The van der Waals surface area contributed by atoms with Gasteiger partial charge in [-0.05, 0) is 37.6 Å². The summed E-state index contributed by atoms with van der Waals surface area (Å²) in [4.78, 5) is 0. The Hall–Kier alpha value is -2.20. The summed E-state index contributed by atoms with van der Waals surface area (Å²) in [6.07, 6.45) is 0. The molecule has 0 atom stereocenters. The molecule has 0 fully saturated rings. The van der Waals surface area contributed by atoms with Gasteiger partial charge in [-0.2, -0.15) is 0 Å². The van der Waals surface area contributed by atoms with Crippen molar-refractivity contribution in [3.05, 3.63) is 47.5 Å². The zero-order valence-electron chi connectivity index (χ0n) is 10.9. The number of fused-ring (bicyclic) bond motifs is 3. The van der Waals surface area contributed by atoms with Crippen LogP contribution in [0.3, 0.4) is 0 Å². The van der Waals surface area contributed by atoms with Gasteiger partial charge < -0.3 is 4.57 Å². The zero-order chi connectivity index (χ0) is 12.7. The highest BCUT2D eigenvalue weighted by molar-refractivity contribution is 6.08. The molecule has 0 spiro atoms. The first-order chi connectivity index (χ1) is 8.70. The topological polar surface area (TPSA) is 4.93 Å². The van der Waals surface area contributed by atoms with Crippen LogP contribution in [0.5, 0.6) is 0 Å². The minimum absolute atomic E-state index is 1.08. The van der Waals surface area contributed by atoms with Gasteiger partial charge in [0.2, 0.25) is 0 Å². The predicted molar refractivity (Wildman–Crippen MR) is 77.7 cm³/mol. The molecular weight excluding hydrogens is 218 g/mol. The molecule has 0 aliphatic rings. The Labute approximate surface area is 107 Å². The molecule has 0 aliphatic carbocycles. The van der Waals surface area contributed by atoms with Gasteiger partial charge in [-0.15, -0.1) is 5.92 Å². The van der Waals surface area contributed by atoms with Crippen LogP contribution in [0.1, 0.15) is 18.1 Å². The molecule has 0 N–H and O–H groups in total. The summed E-state index contributed by atoms with van der Waals surface area (Å²) in [6.45, 7) is 4.00. The van der Waals surface area contributed by atoms with Crippen LogP contribution in [0, 0.1) is 18.8 Å². The van der Waals surface area contributed by atoms with E-state index in [2.05, 4.69) is 66.8 Å². The normalized spacial score (nSPS) is 10.6. The van der Waals surface area contributed by atoms with Gasteiger partial charge in [0, 0.05) is 28.9 Å². The van der Waals surface area contributed by atoms with E-state index < -0.39 is 0 Å². The minimum Gasteiger partial charge on any atom is -0.344 e. The Morgan fingerprint density at radius 2 is 1.61 bits per heavy atom. The van der Waals surface area contributed by atoms with Gasteiger partial charge in [-0.1, -0.05) is 24.1 Å². The van der Waals surface area contributed by atoms with E-state index in [9.17, 15) is 0 Å². The lowest BCUT2D eigenvalue weighted by atomic mass is 10.1. The van der Waals surface area contributed by atoms with Crippen LogP contribution in [0.4, 0.5) is 0 Å². The Morgan fingerprint density at radius 1 is 0.944 bits per heavy atom. The molecule has 18 heavy (non-hydrogen) atoms. The Kier molecular flexibility index (Phi) is 2.38. The van der Waals surface area contributed by atoms with Crippen LogP contribution in [-0.2, 0) is 7.05 Å². The minimum atomic E-state index is 1.08. The van der Waals surface area contributed by atoms with E-state index in [1.54, 1.807) is 0 Å². The van der Waals surface area contributed by atoms with E-state index in [4.69, 9.17) is 0 Å². The van der Waals surface area contributed by atoms with Crippen LogP contribution in [0.15, 0.2) is 36.4 Å². The fourth-order valence-corrected chi connectivity index (χ4v) is 2.54. The number of nitrogens with zero attached hydrogens (tertiary/aromatic N) is 1. The van der Waals surface area contributed by atoms with E-state index >= 15 is 0 Å². The summed E-state index contributed by atoms with van der Waals surface area (Å²) in [6, 6.07) is 13.0. The molecule has 0 bridgehead atoms. The van der Waals surface area contributed by atoms with E-state index in [0.29, 0.717) is 0 Å². The maximum absolute atomic E-state index is 3.12. The van der Waals surface area contributed by atoms with Gasteiger partial charge in [0.05, 0.1) is 5.52 Å². The lowest BCUT2D eigenvalue weighted by Crippen LogP contribution is -1.87. The summed E-state index contributed by atoms with van der Waals surface area (Å²) in [5.41, 5.74) is 4.90. The van der Waals surface area contributed by atoms with Crippen LogP contribution in [0.25, 0.3) is 21.8 Å². The Balaban J connectivity index is 2.45. The van der Waals surface area contributed by atoms with Crippen molar-refractivity contribution in [2.75, 3.05) is 0 Å². The van der Waals surface area contributed by atoms with Crippen molar-refractivity contribution in [2.45, 2.75) is 13.8 Å². The first-order valence-corrected chi connectivity index (χ1v) is 6.12. The van der Waals surface area contributed by atoms with Crippen molar-refractivity contribution >= 4 is 21.8 Å². The molecule has 0 radical (unpaired) electrons. The molecule has 3 aromatic rings. The van der Waals surface area contributed by atoms with Crippen molar-refractivity contribution < 1.29 is 0 Å². The highest BCUT2D eigenvalue weighted by atomic mass is 14.9. The fourth-order valence-electron chi connectivity index (χ4n) is 2.54. The SMILES string of the molecule is CC#Cc1ccc2c3ccc(C)cc3n(C)c2c1. The summed E-state index contributed by atoms with van der Waals surface area (Å²) >= 11 is 0. The Bertz CT molecular complexity index is 810. The number of aromatic nitrogens is 1. The molecule has 1 heteroatoms. The molecule has 1 nitrogen and oxygen atoms in total. The van der Waals surface area contributed by atoms with Gasteiger partial charge in [0.1, 0.15) is 0 Å². The molecule has 0 saturated heterocycles. The second kappa shape index (κ2) is 3.92. The molecule has 3 rings (SSSR count). The number of benzene rings is 2. The third kappa shape index (κ3) is 1.50. The monoisotopic (exact) mass is 233 g/mol. The average molecular weight is 233 g/mol. The van der Waals surface area contributed by atoms with Gasteiger partial charge in [-0.3, -0.25) is 0 Å². The Morgan fingerprint density at radius 3 is 2.33 bits per heavy atom. The number of aryl methyl sites for hydroxylation is 2. The van der Waals surface area contributed by atoms with Crippen LogP contribution < -0.4 is 0 Å². The fraction of sp³-hybridized carbons (Fsp3) is 0.176. The van der Waals surface area contributed by atoms with E-state index in [1.807, 2.05) is 6.92 Å². The largest absolute Gasteiger partial charge is 0.344 e. The summed E-state index contributed by atoms with van der Waals surface area (Å²) < 4.78 is 2.25. The first kappa shape index (κ1) is 10.9. The maximum Gasteiger partial charge on any atom is 0.0501 e. The summed E-state index contributed by atoms with van der Waals surface area (Å²) in [5.74, 6) is 6.07. The molecule has 1 aromatic heterocycles. The van der Waals surface area contributed by atoms with Gasteiger partial charge in [-0.25, -0.2) is 0 Å². The third-order valence-corrected chi connectivity index (χ3v) is 3.43. The molecule has 2 aromatic carbocycles. The predicted octanol–water partition coefficient (Wildman–Crippen LogP) is 4.01. The van der Waals surface area contributed by atoms with Crippen molar-refractivity contribution in [3.63, 3.8) is 0 Å². The first-order valence-electron chi connectivity index (χ1n) is 6.12. The highest BCUT2D eigenvalue weighted by Gasteiger charge is 2.08.